The highest BCUT2D eigenvalue weighted by Gasteiger charge is 2.11. The lowest BCUT2D eigenvalue weighted by atomic mass is 10.0. The molecule has 2 rings (SSSR count). The zero-order chi connectivity index (χ0) is 20.7. The Hall–Kier alpha value is -3.22. The molecular formula is C21H26N2O5. The Morgan fingerprint density at radius 3 is 2.36 bits per heavy atom. The van der Waals surface area contributed by atoms with Crippen molar-refractivity contribution in [3.8, 4) is 23.0 Å². The van der Waals surface area contributed by atoms with Crippen LogP contribution in [0.3, 0.4) is 0 Å². The minimum atomic E-state index is -0.386. The van der Waals surface area contributed by atoms with Gasteiger partial charge in [-0.3, -0.25) is 4.79 Å². The van der Waals surface area contributed by atoms with Gasteiger partial charge in [0.05, 0.1) is 20.4 Å². The average Bonchev–Trinajstić information content (AvgIpc) is 2.68. The number of ether oxygens (including phenoxy) is 3. The molecule has 7 heteroatoms. The first-order valence-corrected chi connectivity index (χ1v) is 8.86. The molecule has 0 aliphatic heterocycles. The number of rotatable bonds is 8. The summed E-state index contributed by atoms with van der Waals surface area (Å²) < 4.78 is 15.8. The van der Waals surface area contributed by atoms with Crippen molar-refractivity contribution in [1.82, 2.24) is 5.43 Å². The number of benzene rings is 2. The number of aryl methyl sites for hydroxylation is 1. The summed E-state index contributed by atoms with van der Waals surface area (Å²) in [6.07, 6.45) is 1.42. The van der Waals surface area contributed by atoms with Crippen LogP contribution in [0, 0.1) is 6.92 Å². The molecule has 0 fully saturated rings. The van der Waals surface area contributed by atoms with Gasteiger partial charge < -0.3 is 19.3 Å². The molecule has 2 aromatic carbocycles. The molecule has 0 radical (unpaired) electrons. The van der Waals surface area contributed by atoms with Crippen LogP contribution in [0.5, 0.6) is 23.0 Å². The maximum Gasteiger partial charge on any atom is 0.277 e. The summed E-state index contributed by atoms with van der Waals surface area (Å²) in [4.78, 5) is 12.0. The average molecular weight is 386 g/mol. The SMILES string of the molecule is COc1cc(/C=N/NC(=O)COc2cc(C(C)C)ccc2C)cc(OC)c1O. The highest BCUT2D eigenvalue weighted by molar-refractivity contribution is 5.84. The predicted octanol–water partition coefficient (Wildman–Crippen LogP) is 3.37. The second kappa shape index (κ2) is 9.64. The summed E-state index contributed by atoms with van der Waals surface area (Å²) in [7, 11) is 2.87. The lowest BCUT2D eigenvalue weighted by molar-refractivity contribution is -0.123. The summed E-state index contributed by atoms with van der Waals surface area (Å²) in [6.45, 7) is 5.98. The Balaban J connectivity index is 1.97. The van der Waals surface area contributed by atoms with Gasteiger partial charge in [0.1, 0.15) is 5.75 Å². The van der Waals surface area contributed by atoms with Crippen molar-refractivity contribution in [3.63, 3.8) is 0 Å². The normalized spacial score (nSPS) is 10.9. The fourth-order valence-electron chi connectivity index (χ4n) is 2.47. The molecule has 1 amide bonds. The van der Waals surface area contributed by atoms with Crippen LogP contribution in [-0.4, -0.2) is 38.1 Å². The lowest BCUT2D eigenvalue weighted by Crippen LogP contribution is -2.24. The summed E-state index contributed by atoms with van der Waals surface area (Å²) in [6, 6.07) is 9.13. The maximum atomic E-state index is 12.0. The summed E-state index contributed by atoms with van der Waals surface area (Å²) in [5.74, 6) is 1.06. The molecule has 0 aromatic heterocycles. The zero-order valence-corrected chi connectivity index (χ0v) is 16.8. The standard InChI is InChI=1S/C21H26N2O5/c1-13(2)16-7-6-14(3)17(10-16)28-12-20(24)23-22-11-15-8-18(26-4)21(25)19(9-15)27-5/h6-11,13,25H,12H2,1-5H3,(H,23,24)/b22-11+. The van der Waals surface area contributed by atoms with E-state index in [1.165, 1.54) is 20.4 Å². The first-order chi connectivity index (χ1) is 13.3. The number of phenolic OH excluding ortho intramolecular Hbond substituents is 1. The van der Waals surface area contributed by atoms with E-state index in [9.17, 15) is 9.90 Å². The van der Waals surface area contributed by atoms with Crippen molar-refractivity contribution < 1.29 is 24.1 Å². The van der Waals surface area contributed by atoms with Gasteiger partial charge in [-0.05, 0) is 42.2 Å². The Morgan fingerprint density at radius 2 is 1.79 bits per heavy atom. The molecular weight excluding hydrogens is 360 g/mol. The van der Waals surface area contributed by atoms with Crippen molar-refractivity contribution in [2.75, 3.05) is 20.8 Å². The van der Waals surface area contributed by atoms with Crippen LogP contribution in [-0.2, 0) is 4.79 Å². The second-order valence-electron chi connectivity index (χ2n) is 6.54. The number of aromatic hydroxyl groups is 1. The maximum absolute atomic E-state index is 12.0. The van der Waals surface area contributed by atoms with Crippen molar-refractivity contribution in [2.24, 2.45) is 5.10 Å². The molecule has 0 saturated carbocycles. The molecule has 2 N–H and O–H groups in total. The molecule has 0 unspecified atom stereocenters. The van der Waals surface area contributed by atoms with Gasteiger partial charge in [-0.15, -0.1) is 0 Å². The Kier molecular flexibility index (Phi) is 7.26. The van der Waals surface area contributed by atoms with E-state index in [-0.39, 0.29) is 29.8 Å². The van der Waals surface area contributed by atoms with Crippen LogP contribution in [0.4, 0.5) is 0 Å². The summed E-state index contributed by atoms with van der Waals surface area (Å²) >= 11 is 0. The largest absolute Gasteiger partial charge is 0.502 e. The topological polar surface area (TPSA) is 89.4 Å². The van der Waals surface area contributed by atoms with Crippen LogP contribution in [0.25, 0.3) is 0 Å². The van der Waals surface area contributed by atoms with Crippen LogP contribution in [0.15, 0.2) is 35.4 Å². The fourth-order valence-corrected chi connectivity index (χ4v) is 2.47. The van der Waals surface area contributed by atoms with Crippen LogP contribution >= 0.6 is 0 Å². The predicted molar refractivity (Wildman–Crippen MR) is 108 cm³/mol. The Bertz CT molecular complexity index is 837. The third-order valence-electron chi connectivity index (χ3n) is 4.14. The molecule has 0 bridgehead atoms. The summed E-state index contributed by atoms with van der Waals surface area (Å²) in [5, 5.41) is 13.8. The van der Waals surface area contributed by atoms with E-state index in [1.807, 2.05) is 19.1 Å². The fraction of sp³-hybridized carbons (Fsp3) is 0.333. The first kappa shape index (κ1) is 21.1. The van der Waals surface area contributed by atoms with Crippen LogP contribution in [0.1, 0.15) is 36.5 Å². The van der Waals surface area contributed by atoms with Gasteiger partial charge in [0.25, 0.3) is 5.91 Å². The highest BCUT2D eigenvalue weighted by atomic mass is 16.5. The zero-order valence-electron chi connectivity index (χ0n) is 16.8. The molecule has 0 aliphatic rings. The Morgan fingerprint density at radius 1 is 1.14 bits per heavy atom. The van der Waals surface area contributed by atoms with Crippen molar-refractivity contribution >= 4 is 12.1 Å². The first-order valence-electron chi connectivity index (χ1n) is 8.86. The van der Waals surface area contributed by atoms with E-state index < -0.39 is 0 Å². The summed E-state index contributed by atoms with van der Waals surface area (Å²) in [5.41, 5.74) is 5.11. The van der Waals surface area contributed by atoms with E-state index in [4.69, 9.17) is 14.2 Å². The van der Waals surface area contributed by atoms with Gasteiger partial charge in [-0.1, -0.05) is 26.0 Å². The van der Waals surface area contributed by atoms with Gasteiger partial charge >= 0.3 is 0 Å². The van der Waals surface area contributed by atoms with Crippen LogP contribution in [0.2, 0.25) is 0 Å². The minimum Gasteiger partial charge on any atom is -0.502 e. The number of hydrogen-bond acceptors (Lipinski definition) is 6. The van der Waals surface area contributed by atoms with Gasteiger partial charge in [-0.25, -0.2) is 5.43 Å². The number of methoxy groups -OCH3 is 2. The van der Waals surface area contributed by atoms with Gasteiger partial charge in [0, 0.05) is 5.56 Å². The van der Waals surface area contributed by atoms with E-state index in [0.717, 1.165) is 11.1 Å². The third-order valence-corrected chi connectivity index (χ3v) is 4.14. The number of amides is 1. The minimum absolute atomic E-state index is 0.0985. The number of phenols is 1. The Labute approximate surface area is 164 Å². The number of hydrogen-bond donors (Lipinski definition) is 2. The smallest absolute Gasteiger partial charge is 0.277 e. The van der Waals surface area contributed by atoms with E-state index in [2.05, 4.69) is 30.4 Å². The third kappa shape index (κ3) is 5.39. The number of nitrogens with one attached hydrogen (secondary N) is 1. The molecule has 0 heterocycles. The molecule has 7 nitrogen and oxygen atoms in total. The number of hydrazone groups is 1. The molecule has 0 aliphatic carbocycles. The van der Waals surface area contributed by atoms with Crippen molar-refractivity contribution in [3.05, 3.63) is 47.0 Å². The quantitative estimate of drug-likeness (QED) is 0.536. The van der Waals surface area contributed by atoms with E-state index in [1.54, 1.807) is 12.1 Å². The van der Waals surface area contributed by atoms with E-state index >= 15 is 0 Å². The molecule has 0 spiro atoms. The molecule has 0 saturated heterocycles. The molecule has 2 aromatic rings. The van der Waals surface area contributed by atoms with Crippen LogP contribution < -0.4 is 19.6 Å². The highest BCUT2D eigenvalue weighted by Crippen LogP contribution is 2.36. The molecule has 150 valence electrons. The number of carbonyl (C=O) groups excluding carboxylic acids is 1. The van der Waals surface area contributed by atoms with Gasteiger partial charge in [0.2, 0.25) is 5.75 Å². The number of carbonyl (C=O) groups is 1. The van der Waals surface area contributed by atoms with E-state index in [0.29, 0.717) is 17.2 Å². The molecule has 0 atom stereocenters. The van der Waals surface area contributed by atoms with Crippen molar-refractivity contribution in [2.45, 2.75) is 26.7 Å². The number of nitrogens with zero attached hydrogens (tertiary/aromatic N) is 1. The second-order valence-corrected chi connectivity index (χ2v) is 6.54. The lowest BCUT2D eigenvalue weighted by Gasteiger charge is -2.12. The molecule has 28 heavy (non-hydrogen) atoms. The van der Waals surface area contributed by atoms with Gasteiger partial charge in [0.15, 0.2) is 18.1 Å². The van der Waals surface area contributed by atoms with Gasteiger partial charge in [-0.2, -0.15) is 5.10 Å². The monoisotopic (exact) mass is 386 g/mol. The van der Waals surface area contributed by atoms with Crippen molar-refractivity contribution in [1.29, 1.82) is 0 Å².